The Morgan fingerprint density at radius 3 is 1.33 bits per heavy atom. The summed E-state index contributed by atoms with van der Waals surface area (Å²) in [6, 6.07) is 13.8. The minimum Gasteiger partial charge on any atom is -0.467 e. The number of amides is 3. The van der Waals surface area contributed by atoms with Gasteiger partial charge in [-0.25, -0.2) is 19.2 Å². The van der Waals surface area contributed by atoms with E-state index in [1.807, 2.05) is 0 Å². The van der Waals surface area contributed by atoms with Crippen molar-refractivity contribution in [2.24, 2.45) is 0 Å². The molecule has 3 atom stereocenters. The quantitative estimate of drug-likeness (QED) is 0.135. The number of carbonyl (C=O) groups excluding carboxylic acids is 6. The van der Waals surface area contributed by atoms with Gasteiger partial charge in [0.05, 0.1) is 29.6 Å². The molecule has 3 amide bonds. The standard InChI is InChI=1S/C44H58N4O10/c1-26-34(39(52)56-42(3,4)5)30(35(27(2)45-26)40(53)57-43(6,7)8)25-32(37(50)47-33(38(51)55-12)24-29-21-17-14-18-22-29)46-36(49)31(23-28-19-15-13-16-20-28)48-41(54)58-44(9,10)11/h13-22,31-33H,23-25H2,1-12H3,(H,46,49)(H,47,50)(H,48,54)/t31-,32-,33+/m0/s1. The topological polar surface area (TPSA) is 188 Å². The smallest absolute Gasteiger partial charge is 0.408 e. The predicted molar refractivity (Wildman–Crippen MR) is 217 cm³/mol. The van der Waals surface area contributed by atoms with E-state index in [0.717, 1.165) is 0 Å². The van der Waals surface area contributed by atoms with Gasteiger partial charge in [-0.15, -0.1) is 0 Å². The first-order chi connectivity index (χ1) is 26.9. The van der Waals surface area contributed by atoms with Gasteiger partial charge in [0.2, 0.25) is 11.8 Å². The predicted octanol–water partition coefficient (Wildman–Crippen LogP) is 5.67. The van der Waals surface area contributed by atoms with Crippen molar-refractivity contribution in [2.45, 2.75) is 130 Å². The van der Waals surface area contributed by atoms with Gasteiger partial charge >= 0.3 is 24.0 Å². The fourth-order valence-corrected chi connectivity index (χ4v) is 5.98. The summed E-state index contributed by atoms with van der Waals surface area (Å²) in [7, 11) is 1.19. The molecule has 3 N–H and O–H groups in total. The Morgan fingerprint density at radius 1 is 0.552 bits per heavy atom. The first-order valence-electron chi connectivity index (χ1n) is 19.1. The van der Waals surface area contributed by atoms with Gasteiger partial charge in [-0.2, -0.15) is 0 Å². The summed E-state index contributed by atoms with van der Waals surface area (Å²) in [6.45, 7) is 18.2. The molecule has 58 heavy (non-hydrogen) atoms. The zero-order valence-electron chi connectivity index (χ0n) is 35.7. The van der Waals surface area contributed by atoms with E-state index in [2.05, 4.69) is 20.9 Å². The number of ether oxygens (including phenoxy) is 4. The summed E-state index contributed by atoms with van der Waals surface area (Å²) in [5, 5.41) is 8.09. The van der Waals surface area contributed by atoms with Crippen LogP contribution < -0.4 is 16.0 Å². The fraction of sp³-hybridized carbons (Fsp3) is 0.477. The van der Waals surface area contributed by atoms with Gasteiger partial charge in [0, 0.05) is 19.3 Å². The molecule has 3 rings (SSSR count). The maximum absolute atomic E-state index is 14.6. The second-order valence-electron chi connectivity index (χ2n) is 16.9. The maximum atomic E-state index is 14.6. The number of rotatable bonds is 14. The average molecular weight is 803 g/mol. The molecule has 1 heterocycles. The third-order valence-electron chi connectivity index (χ3n) is 8.28. The molecular formula is C44H58N4O10. The summed E-state index contributed by atoms with van der Waals surface area (Å²) < 4.78 is 22.1. The van der Waals surface area contributed by atoms with Crippen molar-refractivity contribution in [3.8, 4) is 0 Å². The van der Waals surface area contributed by atoms with Gasteiger partial charge in [0.1, 0.15) is 34.9 Å². The van der Waals surface area contributed by atoms with Crippen molar-refractivity contribution in [3.63, 3.8) is 0 Å². The molecule has 0 radical (unpaired) electrons. The number of esters is 3. The molecular weight excluding hydrogens is 745 g/mol. The molecule has 2 aromatic carbocycles. The molecule has 0 saturated carbocycles. The number of carbonyl (C=O) groups is 6. The van der Waals surface area contributed by atoms with Crippen LogP contribution >= 0.6 is 0 Å². The van der Waals surface area contributed by atoms with E-state index in [4.69, 9.17) is 18.9 Å². The monoisotopic (exact) mass is 802 g/mol. The van der Waals surface area contributed by atoms with E-state index >= 15 is 0 Å². The Labute approximate surface area is 341 Å². The molecule has 0 unspecified atom stereocenters. The molecule has 14 nitrogen and oxygen atoms in total. The van der Waals surface area contributed by atoms with Gasteiger partial charge in [-0.05, 0) is 92.9 Å². The Morgan fingerprint density at radius 2 is 0.931 bits per heavy atom. The van der Waals surface area contributed by atoms with Crippen LogP contribution in [0.5, 0.6) is 0 Å². The molecule has 0 aliphatic heterocycles. The largest absolute Gasteiger partial charge is 0.467 e. The lowest BCUT2D eigenvalue weighted by Gasteiger charge is -2.28. The molecule has 1 aromatic heterocycles. The highest BCUT2D eigenvalue weighted by atomic mass is 16.6. The van der Waals surface area contributed by atoms with E-state index in [1.165, 1.54) is 7.11 Å². The van der Waals surface area contributed by atoms with Crippen LogP contribution in [-0.2, 0) is 52.6 Å². The van der Waals surface area contributed by atoms with Crippen LogP contribution in [0.4, 0.5) is 4.79 Å². The third-order valence-corrected chi connectivity index (χ3v) is 8.28. The van der Waals surface area contributed by atoms with Gasteiger partial charge in [0.15, 0.2) is 0 Å². The van der Waals surface area contributed by atoms with Crippen molar-refractivity contribution in [1.82, 2.24) is 20.9 Å². The van der Waals surface area contributed by atoms with Crippen LogP contribution in [0.15, 0.2) is 60.7 Å². The van der Waals surface area contributed by atoms with Crippen molar-refractivity contribution in [2.75, 3.05) is 7.11 Å². The number of pyridine rings is 1. The van der Waals surface area contributed by atoms with E-state index in [0.29, 0.717) is 11.1 Å². The fourth-order valence-electron chi connectivity index (χ4n) is 5.98. The molecule has 0 aliphatic carbocycles. The number of nitrogens with one attached hydrogen (secondary N) is 3. The zero-order valence-corrected chi connectivity index (χ0v) is 35.7. The lowest BCUT2D eigenvalue weighted by Crippen LogP contribution is -2.57. The van der Waals surface area contributed by atoms with Crippen LogP contribution in [0.3, 0.4) is 0 Å². The first kappa shape index (κ1) is 46.6. The SMILES string of the molecule is COC(=O)[C@@H](Cc1ccccc1)NC(=O)[C@H](Cc1c(C(=O)OC(C)(C)C)c(C)nc(C)c1C(=O)OC(C)(C)C)NC(=O)[C@H](Cc1ccccc1)NC(=O)OC(C)(C)C. The Balaban J connectivity index is 2.25. The molecule has 0 fully saturated rings. The van der Waals surface area contributed by atoms with Crippen LogP contribution in [0.25, 0.3) is 0 Å². The number of alkyl carbamates (subject to hydrolysis) is 1. The molecule has 0 aliphatic rings. The number of nitrogens with zero attached hydrogens (tertiary/aromatic N) is 1. The Bertz CT molecular complexity index is 1890. The van der Waals surface area contributed by atoms with Crippen LogP contribution in [0, 0.1) is 13.8 Å². The summed E-state index contributed by atoms with van der Waals surface area (Å²) in [4.78, 5) is 87.7. The normalized spacial score (nSPS) is 13.2. The highest BCUT2D eigenvalue weighted by Crippen LogP contribution is 2.27. The molecule has 0 spiro atoms. The number of hydrogen-bond acceptors (Lipinski definition) is 11. The van der Waals surface area contributed by atoms with Gasteiger partial charge < -0.3 is 34.9 Å². The second-order valence-corrected chi connectivity index (χ2v) is 16.9. The summed E-state index contributed by atoms with van der Waals surface area (Å²) in [5.74, 6) is -4.06. The number of methoxy groups -OCH3 is 1. The highest BCUT2D eigenvalue weighted by molar-refractivity contribution is 6.01. The number of hydrogen-bond donors (Lipinski definition) is 3. The molecule has 0 saturated heterocycles. The van der Waals surface area contributed by atoms with Gasteiger partial charge in [-0.3, -0.25) is 14.6 Å². The molecule has 0 bridgehead atoms. The van der Waals surface area contributed by atoms with Crippen LogP contribution in [0.2, 0.25) is 0 Å². The van der Waals surface area contributed by atoms with Crippen molar-refractivity contribution >= 4 is 35.8 Å². The van der Waals surface area contributed by atoms with Crippen LogP contribution in [-0.4, -0.2) is 82.8 Å². The number of aryl methyl sites for hydroxylation is 2. The zero-order chi connectivity index (χ0) is 43.6. The third kappa shape index (κ3) is 14.6. The molecule has 3 aromatic rings. The maximum Gasteiger partial charge on any atom is 0.408 e. The van der Waals surface area contributed by atoms with Crippen molar-refractivity contribution < 1.29 is 47.7 Å². The summed E-state index contributed by atoms with van der Waals surface area (Å²) in [6.07, 6.45) is -1.32. The van der Waals surface area contributed by atoms with E-state index in [-0.39, 0.29) is 40.9 Å². The minimum absolute atomic E-state index is 0.00115. The highest BCUT2D eigenvalue weighted by Gasteiger charge is 2.36. The lowest BCUT2D eigenvalue weighted by molar-refractivity contribution is -0.145. The van der Waals surface area contributed by atoms with Crippen molar-refractivity contribution in [1.29, 1.82) is 0 Å². The number of aromatic nitrogens is 1. The van der Waals surface area contributed by atoms with Gasteiger partial charge in [-0.1, -0.05) is 60.7 Å². The molecule has 14 heteroatoms. The van der Waals surface area contributed by atoms with E-state index in [1.54, 1.807) is 137 Å². The second kappa shape index (κ2) is 19.6. The van der Waals surface area contributed by atoms with Crippen molar-refractivity contribution in [3.05, 3.63) is 99.9 Å². The first-order valence-corrected chi connectivity index (χ1v) is 19.1. The summed E-state index contributed by atoms with van der Waals surface area (Å²) in [5.41, 5.74) is -1.21. The van der Waals surface area contributed by atoms with E-state index in [9.17, 15) is 28.8 Å². The Kier molecular flexibility index (Phi) is 15.7. The number of benzene rings is 2. The Hall–Kier alpha value is -5.79. The van der Waals surface area contributed by atoms with Gasteiger partial charge in [0.25, 0.3) is 0 Å². The lowest BCUT2D eigenvalue weighted by atomic mass is 9.91. The molecule has 314 valence electrons. The summed E-state index contributed by atoms with van der Waals surface area (Å²) >= 11 is 0. The van der Waals surface area contributed by atoms with Crippen LogP contribution in [0.1, 0.15) is 111 Å². The average Bonchev–Trinajstić information content (AvgIpc) is 3.08. The van der Waals surface area contributed by atoms with E-state index < -0.39 is 77.2 Å². The minimum atomic E-state index is -1.57.